The van der Waals surface area contributed by atoms with Gasteiger partial charge in [-0.1, -0.05) is 18.2 Å². The van der Waals surface area contributed by atoms with Gasteiger partial charge in [-0.25, -0.2) is 8.78 Å². The van der Waals surface area contributed by atoms with Crippen molar-refractivity contribution in [1.82, 2.24) is 4.90 Å². The molecule has 1 atom stereocenters. The van der Waals surface area contributed by atoms with E-state index in [0.717, 1.165) is 11.3 Å². The maximum absolute atomic E-state index is 12.2. The van der Waals surface area contributed by atoms with Crippen LogP contribution in [-0.4, -0.2) is 38.1 Å². The summed E-state index contributed by atoms with van der Waals surface area (Å²) in [5.41, 5.74) is 6.88. The molecule has 0 aromatic heterocycles. The highest BCUT2D eigenvalue weighted by Gasteiger charge is 2.15. The Labute approximate surface area is 107 Å². The van der Waals surface area contributed by atoms with Crippen molar-refractivity contribution in [1.29, 1.82) is 0 Å². The first-order valence-electron chi connectivity index (χ1n) is 5.98. The fourth-order valence-electron chi connectivity index (χ4n) is 1.82. The Balaban J connectivity index is 2.68. The summed E-state index contributed by atoms with van der Waals surface area (Å²) in [4.78, 5) is 1.53. The maximum Gasteiger partial charge on any atom is 0.251 e. The lowest BCUT2D eigenvalue weighted by Crippen LogP contribution is -2.32. The quantitative estimate of drug-likeness (QED) is 0.815. The van der Waals surface area contributed by atoms with Gasteiger partial charge in [0, 0.05) is 18.2 Å². The number of nitrogens with zero attached hydrogens (tertiary/aromatic N) is 1. The monoisotopic (exact) mass is 258 g/mol. The molecule has 102 valence electrons. The van der Waals surface area contributed by atoms with Crippen LogP contribution in [0, 0.1) is 0 Å². The van der Waals surface area contributed by atoms with Gasteiger partial charge in [0.05, 0.1) is 13.2 Å². The summed E-state index contributed by atoms with van der Waals surface area (Å²) in [6, 6.07) is 7.10. The zero-order chi connectivity index (χ0) is 13.5. The SMILES string of the molecule is CCOc1ccccc1C(N)CN(C)CC(F)F. The summed E-state index contributed by atoms with van der Waals surface area (Å²) in [5.74, 6) is 0.720. The molecule has 0 aliphatic rings. The van der Waals surface area contributed by atoms with E-state index in [1.807, 2.05) is 31.2 Å². The molecule has 0 heterocycles. The van der Waals surface area contributed by atoms with Crippen molar-refractivity contribution in [2.24, 2.45) is 5.73 Å². The first-order valence-corrected chi connectivity index (χ1v) is 5.98. The molecule has 0 spiro atoms. The van der Waals surface area contributed by atoms with Gasteiger partial charge in [-0.3, -0.25) is 4.90 Å². The van der Waals surface area contributed by atoms with Gasteiger partial charge in [-0.15, -0.1) is 0 Å². The molecular weight excluding hydrogens is 238 g/mol. The van der Waals surface area contributed by atoms with E-state index < -0.39 is 6.43 Å². The number of benzene rings is 1. The number of hydrogen-bond donors (Lipinski definition) is 1. The van der Waals surface area contributed by atoms with Gasteiger partial charge in [0.15, 0.2) is 0 Å². The number of halogens is 2. The number of ether oxygens (including phenoxy) is 1. The van der Waals surface area contributed by atoms with Crippen LogP contribution < -0.4 is 10.5 Å². The van der Waals surface area contributed by atoms with Crippen LogP contribution in [0.25, 0.3) is 0 Å². The molecule has 0 saturated carbocycles. The summed E-state index contributed by atoms with van der Waals surface area (Å²) in [6.45, 7) is 2.54. The second-order valence-corrected chi connectivity index (χ2v) is 4.19. The third kappa shape index (κ3) is 4.58. The summed E-state index contributed by atoms with van der Waals surface area (Å²) < 4.78 is 29.9. The van der Waals surface area contributed by atoms with E-state index in [2.05, 4.69) is 0 Å². The molecule has 1 aromatic rings. The molecule has 5 heteroatoms. The number of alkyl halides is 2. The Morgan fingerprint density at radius 2 is 1.94 bits per heavy atom. The standard InChI is InChI=1S/C13H20F2N2O/c1-3-18-12-7-5-4-6-10(12)11(16)8-17(2)9-13(14)15/h4-7,11,13H,3,8-9,16H2,1-2H3. The van der Waals surface area contributed by atoms with Gasteiger partial charge in [-0.2, -0.15) is 0 Å². The molecule has 1 rings (SSSR count). The highest BCUT2D eigenvalue weighted by atomic mass is 19.3. The minimum atomic E-state index is -2.34. The second-order valence-electron chi connectivity index (χ2n) is 4.19. The van der Waals surface area contributed by atoms with E-state index >= 15 is 0 Å². The molecule has 0 aliphatic carbocycles. The second kappa shape index (κ2) is 7.28. The van der Waals surface area contributed by atoms with Crippen LogP contribution in [0.4, 0.5) is 8.78 Å². The molecule has 0 aliphatic heterocycles. The normalized spacial score (nSPS) is 13.1. The van der Waals surface area contributed by atoms with Crippen molar-refractivity contribution in [3.05, 3.63) is 29.8 Å². The molecule has 18 heavy (non-hydrogen) atoms. The average molecular weight is 258 g/mol. The van der Waals surface area contributed by atoms with E-state index in [0.29, 0.717) is 13.2 Å². The summed E-state index contributed by atoms with van der Waals surface area (Å²) in [6.07, 6.45) is -2.34. The number of rotatable bonds is 7. The first kappa shape index (κ1) is 14.9. The number of para-hydroxylation sites is 1. The highest BCUT2D eigenvalue weighted by Crippen LogP contribution is 2.24. The van der Waals surface area contributed by atoms with Crippen LogP contribution in [0.2, 0.25) is 0 Å². The van der Waals surface area contributed by atoms with Gasteiger partial charge < -0.3 is 10.5 Å². The number of nitrogens with two attached hydrogens (primary N) is 1. The topological polar surface area (TPSA) is 38.5 Å². The van der Waals surface area contributed by atoms with Crippen molar-refractivity contribution in [2.45, 2.75) is 19.4 Å². The maximum atomic E-state index is 12.2. The molecule has 1 aromatic carbocycles. The summed E-state index contributed by atoms with van der Waals surface area (Å²) in [7, 11) is 1.63. The van der Waals surface area contributed by atoms with E-state index in [9.17, 15) is 8.78 Å². The Hall–Kier alpha value is -1.20. The van der Waals surface area contributed by atoms with Gasteiger partial charge in [0.25, 0.3) is 6.43 Å². The third-order valence-electron chi connectivity index (χ3n) is 2.58. The summed E-state index contributed by atoms with van der Waals surface area (Å²) in [5, 5.41) is 0. The van der Waals surface area contributed by atoms with Crippen molar-refractivity contribution in [3.8, 4) is 5.75 Å². The lowest BCUT2D eigenvalue weighted by molar-refractivity contribution is 0.0977. The van der Waals surface area contributed by atoms with E-state index in [-0.39, 0.29) is 12.6 Å². The van der Waals surface area contributed by atoms with Gasteiger partial charge >= 0.3 is 0 Å². The van der Waals surface area contributed by atoms with Crippen molar-refractivity contribution in [2.75, 3.05) is 26.7 Å². The average Bonchev–Trinajstić information content (AvgIpc) is 2.28. The zero-order valence-corrected chi connectivity index (χ0v) is 10.8. The van der Waals surface area contributed by atoms with E-state index in [1.54, 1.807) is 7.05 Å². The third-order valence-corrected chi connectivity index (χ3v) is 2.58. The van der Waals surface area contributed by atoms with Crippen molar-refractivity contribution in [3.63, 3.8) is 0 Å². The molecule has 0 saturated heterocycles. The predicted octanol–water partition coefficient (Wildman–Crippen LogP) is 2.28. The van der Waals surface area contributed by atoms with Crippen LogP contribution >= 0.6 is 0 Å². The molecule has 3 nitrogen and oxygen atoms in total. The molecule has 2 N–H and O–H groups in total. The van der Waals surface area contributed by atoms with Crippen molar-refractivity contribution >= 4 is 0 Å². The summed E-state index contributed by atoms with van der Waals surface area (Å²) >= 11 is 0. The van der Waals surface area contributed by atoms with Gasteiger partial charge in [-0.05, 0) is 20.0 Å². The minimum absolute atomic E-state index is 0.273. The fraction of sp³-hybridized carbons (Fsp3) is 0.538. The molecule has 0 bridgehead atoms. The predicted molar refractivity (Wildman–Crippen MR) is 68.0 cm³/mol. The number of hydrogen-bond acceptors (Lipinski definition) is 3. The molecule has 1 unspecified atom stereocenters. The lowest BCUT2D eigenvalue weighted by Gasteiger charge is -2.22. The van der Waals surface area contributed by atoms with Crippen LogP contribution in [0.3, 0.4) is 0 Å². The first-order chi connectivity index (χ1) is 8.54. The van der Waals surface area contributed by atoms with Crippen LogP contribution in [0.1, 0.15) is 18.5 Å². The molecular formula is C13H20F2N2O. The Kier molecular flexibility index (Phi) is 6.01. The van der Waals surface area contributed by atoms with Crippen LogP contribution in [0.15, 0.2) is 24.3 Å². The number of likely N-dealkylation sites (N-methyl/N-ethyl adjacent to an activating group) is 1. The minimum Gasteiger partial charge on any atom is -0.494 e. The van der Waals surface area contributed by atoms with Crippen LogP contribution in [-0.2, 0) is 0 Å². The van der Waals surface area contributed by atoms with E-state index in [1.165, 1.54) is 4.90 Å². The Bertz CT molecular complexity index is 361. The fourth-order valence-corrected chi connectivity index (χ4v) is 1.82. The van der Waals surface area contributed by atoms with E-state index in [4.69, 9.17) is 10.5 Å². The lowest BCUT2D eigenvalue weighted by atomic mass is 10.1. The van der Waals surface area contributed by atoms with Gasteiger partial charge in [0.2, 0.25) is 0 Å². The molecule has 0 fully saturated rings. The van der Waals surface area contributed by atoms with Gasteiger partial charge in [0.1, 0.15) is 5.75 Å². The largest absolute Gasteiger partial charge is 0.494 e. The zero-order valence-electron chi connectivity index (χ0n) is 10.8. The van der Waals surface area contributed by atoms with Crippen LogP contribution in [0.5, 0.6) is 5.75 Å². The molecule has 0 amide bonds. The Morgan fingerprint density at radius 3 is 2.56 bits per heavy atom. The molecule has 0 radical (unpaired) electrons. The highest BCUT2D eigenvalue weighted by molar-refractivity contribution is 5.35. The smallest absolute Gasteiger partial charge is 0.251 e. The Morgan fingerprint density at radius 1 is 1.28 bits per heavy atom. The van der Waals surface area contributed by atoms with Crippen molar-refractivity contribution < 1.29 is 13.5 Å².